The van der Waals surface area contributed by atoms with Gasteiger partial charge in [-0.05, 0) is 101 Å². The van der Waals surface area contributed by atoms with Gasteiger partial charge in [-0.15, -0.1) is 0 Å². The molecule has 4 heterocycles. The predicted molar refractivity (Wildman–Crippen MR) is 331 cm³/mol. The van der Waals surface area contributed by atoms with Gasteiger partial charge < -0.3 is 75.9 Å². The van der Waals surface area contributed by atoms with Crippen molar-refractivity contribution in [2.75, 3.05) is 105 Å². The van der Waals surface area contributed by atoms with Gasteiger partial charge >= 0.3 is 12.1 Å². The topological polar surface area (TPSA) is 306 Å². The molecule has 1 aromatic carbocycles. The maximum absolute atomic E-state index is 14.0. The van der Waals surface area contributed by atoms with Crippen molar-refractivity contribution < 1.29 is 71.5 Å². The molecular weight excluding hydrogens is 1150 g/mol. The number of nitrogens with two attached hydrogens (primary N) is 2. The highest BCUT2D eigenvalue weighted by atomic mass is 32.2. The first-order chi connectivity index (χ1) is 41.8. The van der Waals surface area contributed by atoms with E-state index < -0.39 is 36.2 Å². The zero-order chi connectivity index (χ0) is 61.5. The van der Waals surface area contributed by atoms with Crippen LogP contribution in [0.5, 0.6) is 0 Å². The van der Waals surface area contributed by atoms with E-state index >= 15 is 0 Å². The Labute approximate surface area is 518 Å². The highest BCUT2D eigenvalue weighted by Crippen LogP contribution is 2.35. The number of benzene rings is 1. The number of Topliss-reactive ketones (excluding diaryl/α,β-unsaturated/α-hetero) is 4. The Morgan fingerprint density at radius 1 is 0.477 bits per heavy atom. The number of amides is 5. The first kappa shape index (κ1) is 71.3. The quantitative estimate of drug-likeness (QED) is 0.0228. The SMILES string of the molecule is CO[C@@H]1[C@H](N)[C@H](C)[C@H](NC(=O)c2cc(C(=O)CCCCOCCOCCOCCCCC(=O)CCCCC3SCC4NC(=O)NC43)cc(C(=O)CCCCOCCOCCOCCCCC(=O)CCCCC3SCC4NC(=O)NC43)c2)[C@H](OC)[C@@H]1N. The predicted octanol–water partition coefficient (Wildman–Crippen LogP) is 5.86. The summed E-state index contributed by atoms with van der Waals surface area (Å²) in [7, 11) is 3.07. The number of hydrogen-bond donors (Lipinski definition) is 7. The van der Waals surface area contributed by atoms with Crippen LogP contribution in [0.3, 0.4) is 0 Å². The van der Waals surface area contributed by atoms with Gasteiger partial charge in [0.25, 0.3) is 5.91 Å². The van der Waals surface area contributed by atoms with Gasteiger partial charge in [0.15, 0.2) is 11.6 Å². The zero-order valence-electron chi connectivity index (χ0n) is 51.3. The van der Waals surface area contributed by atoms with E-state index in [-0.39, 0.29) is 83.2 Å². The lowest BCUT2D eigenvalue weighted by atomic mass is 9.75. The summed E-state index contributed by atoms with van der Waals surface area (Å²) < 4.78 is 45.5. The molecule has 22 nitrogen and oxygen atoms in total. The van der Waals surface area contributed by atoms with Gasteiger partial charge in [0.2, 0.25) is 0 Å². The van der Waals surface area contributed by atoms with Gasteiger partial charge in [-0.3, -0.25) is 24.0 Å². The minimum atomic E-state index is -0.613. The molecule has 6 rings (SSSR count). The summed E-state index contributed by atoms with van der Waals surface area (Å²) >= 11 is 3.81. The summed E-state index contributed by atoms with van der Waals surface area (Å²) in [5, 5.41) is 15.9. The van der Waals surface area contributed by atoms with Crippen LogP contribution in [0, 0.1) is 5.92 Å². The first-order valence-electron chi connectivity index (χ1n) is 31.7. The molecule has 5 aliphatic rings. The van der Waals surface area contributed by atoms with Crippen molar-refractivity contribution in [1.29, 1.82) is 0 Å². The number of ether oxygens (including phenoxy) is 8. The summed E-state index contributed by atoms with van der Waals surface area (Å²) in [5.74, 6) is 1.35. The summed E-state index contributed by atoms with van der Waals surface area (Å²) in [6, 6.07) is 3.73. The van der Waals surface area contributed by atoms with Gasteiger partial charge in [-0.25, -0.2) is 9.59 Å². The average molecular weight is 1250 g/mol. The van der Waals surface area contributed by atoms with Crippen LogP contribution >= 0.6 is 23.5 Å². The number of thioether (sulfide) groups is 2. The number of rotatable bonds is 48. The first-order valence-corrected chi connectivity index (χ1v) is 33.8. The molecule has 6 unspecified atom stereocenters. The molecule has 4 aliphatic heterocycles. The second-order valence-corrected chi connectivity index (χ2v) is 25.9. The highest BCUT2D eigenvalue weighted by molar-refractivity contribution is 8.00. The Kier molecular flexibility index (Phi) is 33.2. The zero-order valence-corrected chi connectivity index (χ0v) is 52.9. The molecule has 0 aromatic heterocycles. The molecule has 0 spiro atoms. The molecule has 5 fully saturated rings. The van der Waals surface area contributed by atoms with E-state index in [1.54, 1.807) is 13.2 Å². The highest BCUT2D eigenvalue weighted by Gasteiger charge is 2.48. The van der Waals surface area contributed by atoms with Crippen LogP contribution in [-0.2, 0) is 47.5 Å². The number of carbonyl (C=O) groups excluding carboxylic acids is 7. The van der Waals surface area contributed by atoms with Crippen LogP contribution in [-0.4, -0.2) is 211 Å². The van der Waals surface area contributed by atoms with Crippen LogP contribution in [0.25, 0.3) is 0 Å². The van der Waals surface area contributed by atoms with E-state index in [1.165, 1.54) is 19.2 Å². The maximum Gasteiger partial charge on any atom is 0.315 e. The van der Waals surface area contributed by atoms with E-state index in [2.05, 4.69) is 26.6 Å². The third kappa shape index (κ3) is 24.2. The third-order valence-corrected chi connectivity index (χ3v) is 20.0. The largest absolute Gasteiger partial charge is 0.379 e. The Morgan fingerprint density at radius 3 is 1.23 bits per heavy atom. The molecule has 1 saturated carbocycles. The minimum Gasteiger partial charge on any atom is -0.379 e. The summed E-state index contributed by atoms with van der Waals surface area (Å²) in [6.45, 7) is 7.33. The summed E-state index contributed by atoms with van der Waals surface area (Å²) in [5.41, 5.74) is 13.8. The molecule has 486 valence electrons. The van der Waals surface area contributed by atoms with Crippen molar-refractivity contribution in [2.24, 2.45) is 17.4 Å². The fraction of sp³-hybridized carbons (Fsp3) is 0.790. The van der Waals surface area contributed by atoms with Crippen LogP contribution in [0.4, 0.5) is 9.59 Å². The molecule has 4 saturated heterocycles. The average Bonchev–Trinajstić information content (AvgIpc) is 2.74. The molecular formula is C62H101N7O15S2. The van der Waals surface area contributed by atoms with Gasteiger partial charge in [-0.2, -0.15) is 23.5 Å². The van der Waals surface area contributed by atoms with Gasteiger partial charge in [0.1, 0.15) is 11.6 Å². The normalized spacial score (nSPS) is 25.7. The second-order valence-electron chi connectivity index (χ2n) is 23.4. The Hall–Kier alpha value is -3.79. The lowest BCUT2D eigenvalue weighted by molar-refractivity contribution is -0.120. The van der Waals surface area contributed by atoms with Crippen molar-refractivity contribution in [2.45, 2.75) is 200 Å². The Balaban J connectivity index is 0.789. The number of nitrogens with one attached hydrogen (secondary N) is 5. The molecule has 86 heavy (non-hydrogen) atoms. The molecule has 9 N–H and O–H groups in total. The summed E-state index contributed by atoms with van der Waals surface area (Å²) in [4.78, 5) is 89.3. The second kappa shape index (κ2) is 40.1. The van der Waals surface area contributed by atoms with E-state index in [4.69, 9.17) is 49.4 Å². The number of carbonyl (C=O) groups is 7. The van der Waals surface area contributed by atoms with Crippen molar-refractivity contribution >= 4 is 64.6 Å². The molecule has 1 aromatic rings. The summed E-state index contributed by atoms with van der Waals surface area (Å²) in [6.07, 6.45) is 13.0. The minimum absolute atomic E-state index is 0.0671. The van der Waals surface area contributed by atoms with Gasteiger partial charge in [0, 0.05) is 124 Å². The molecule has 0 bridgehead atoms. The van der Waals surface area contributed by atoms with Crippen LogP contribution in [0.1, 0.15) is 166 Å². The number of fused-ring (bicyclic) bond motifs is 2. The third-order valence-electron chi connectivity index (χ3n) is 17.0. The number of urea groups is 2. The van der Waals surface area contributed by atoms with Crippen LogP contribution in [0.15, 0.2) is 18.2 Å². The molecule has 0 radical (unpaired) electrons. The number of ketones is 4. The van der Waals surface area contributed by atoms with E-state index in [1.807, 2.05) is 30.4 Å². The van der Waals surface area contributed by atoms with Gasteiger partial charge in [0.05, 0.1) is 101 Å². The van der Waals surface area contributed by atoms with E-state index in [0.29, 0.717) is 153 Å². The smallest absolute Gasteiger partial charge is 0.315 e. The monoisotopic (exact) mass is 1250 g/mol. The number of unbranched alkanes of at least 4 members (excludes halogenated alkanes) is 6. The Morgan fingerprint density at radius 2 is 0.837 bits per heavy atom. The van der Waals surface area contributed by atoms with E-state index in [0.717, 1.165) is 75.7 Å². The van der Waals surface area contributed by atoms with Crippen molar-refractivity contribution in [3.05, 3.63) is 34.9 Å². The van der Waals surface area contributed by atoms with Crippen molar-refractivity contribution in [1.82, 2.24) is 26.6 Å². The molecule has 1 aliphatic carbocycles. The number of methoxy groups -OCH3 is 2. The lowest BCUT2D eigenvalue weighted by Gasteiger charge is -2.47. The number of hydrogen-bond acceptors (Lipinski definition) is 19. The fourth-order valence-electron chi connectivity index (χ4n) is 11.9. The van der Waals surface area contributed by atoms with Crippen LogP contribution in [0.2, 0.25) is 0 Å². The lowest BCUT2D eigenvalue weighted by Crippen LogP contribution is -2.70. The van der Waals surface area contributed by atoms with Crippen LogP contribution < -0.4 is 38.1 Å². The standard InChI is InChI=1S/C62H101N7O15S2/c1-41-53(63)58(77-2)54(64)59(78-3)55(41)67-60(74)44-37-42(49(72)20-10-14-26-81-30-34-83-32-28-79-24-12-8-18-45(70)16-4-6-22-51-56-47(39-85-51)65-61(75)68-56)36-43(38-44)50(73)21-11-15-27-82-31-35-84-33-29-80-25-13-9-19-46(71)17-5-7-23-52-57-48(40-86-52)66-62(76)69-57/h36-38,41,47-48,51-59H,4-35,39-40,63-64H2,1-3H3,(H,67,74)(H2,65,68,75)(H2,66,69,76)/t41-,47?,48?,51?,52?,53+,54+,55-,56?,57?,58+,59+/m0/s1. The molecule has 5 amide bonds. The fourth-order valence-corrected chi connectivity index (χ4v) is 15.0. The molecule has 12 atom stereocenters. The van der Waals surface area contributed by atoms with Gasteiger partial charge in [-0.1, -0.05) is 19.8 Å². The molecule has 24 heteroatoms. The maximum atomic E-state index is 14.0. The van der Waals surface area contributed by atoms with E-state index in [9.17, 15) is 33.6 Å². The van der Waals surface area contributed by atoms with Crippen molar-refractivity contribution in [3.63, 3.8) is 0 Å². The Bertz CT molecular complexity index is 2140. The van der Waals surface area contributed by atoms with Crippen molar-refractivity contribution in [3.8, 4) is 0 Å².